The van der Waals surface area contributed by atoms with E-state index in [1.54, 1.807) is 7.11 Å². The molecule has 4 rings (SSSR count). The molecule has 0 radical (unpaired) electrons. The average molecular weight is 513 g/mol. The fourth-order valence-electron chi connectivity index (χ4n) is 4.29. The number of hydrogen-bond donors (Lipinski definition) is 2. The van der Waals surface area contributed by atoms with E-state index in [9.17, 15) is 14.4 Å². The number of amides is 1. The predicted molar refractivity (Wildman–Crippen MR) is 138 cm³/mol. The van der Waals surface area contributed by atoms with E-state index in [2.05, 4.69) is 23.1 Å². The van der Waals surface area contributed by atoms with Crippen LogP contribution in [-0.2, 0) is 16.1 Å². The van der Waals surface area contributed by atoms with Crippen molar-refractivity contribution in [3.05, 3.63) is 71.8 Å². The maximum absolute atomic E-state index is 12.6. The Hall–Kier alpha value is -3.30. The van der Waals surface area contributed by atoms with Crippen molar-refractivity contribution in [2.24, 2.45) is 5.92 Å². The van der Waals surface area contributed by atoms with Crippen molar-refractivity contribution in [2.75, 3.05) is 39.0 Å². The molecule has 1 saturated heterocycles. The van der Waals surface area contributed by atoms with Gasteiger partial charge in [-0.05, 0) is 61.7 Å². The molecule has 2 N–H and O–H groups in total. The highest BCUT2D eigenvalue weighted by Crippen LogP contribution is 2.27. The lowest BCUT2D eigenvalue weighted by atomic mass is 9.96. The number of piperidine rings is 1. The number of fused-ring (bicyclic) bond motifs is 1. The number of likely N-dealkylation sites (tertiary alicyclic amines) is 1. The van der Waals surface area contributed by atoms with Crippen LogP contribution in [0.5, 0.6) is 5.75 Å². The molecule has 2 aromatic carbocycles. The molecular weight excluding hydrogens is 480 g/mol. The molecule has 192 valence electrons. The molecule has 8 nitrogen and oxygen atoms in total. The number of benzene rings is 2. The molecule has 0 bridgehead atoms. The van der Waals surface area contributed by atoms with Gasteiger partial charge in [-0.1, -0.05) is 24.3 Å². The topological polar surface area (TPSA) is 107 Å². The first-order chi connectivity index (χ1) is 17.4. The van der Waals surface area contributed by atoms with Crippen LogP contribution < -0.4 is 4.74 Å². The number of methoxy groups -OCH3 is 1. The summed E-state index contributed by atoms with van der Waals surface area (Å²) in [5.41, 5.74) is 2.08. The minimum Gasteiger partial charge on any atom is -0.497 e. The fourth-order valence-corrected chi connectivity index (χ4v) is 5.25. The summed E-state index contributed by atoms with van der Waals surface area (Å²) in [6.45, 7) is 5.08. The molecule has 1 fully saturated rings. The van der Waals surface area contributed by atoms with E-state index in [0.717, 1.165) is 49.8 Å². The maximum Gasteiger partial charge on any atom is 0.328 e. The van der Waals surface area contributed by atoms with Gasteiger partial charge in [0.05, 0.1) is 7.11 Å². The summed E-state index contributed by atoms with van der Waals surface area (Å²) >= 11 is 1.89. The first-order valence-corrected chi connectivity index (χ1v) is 12.8. The van der Waals surface area contributed by atoms with Crippen LogP contribution in [0.3, 0.4) is 0 Å². The molecule has 0 aliphatic carbocycles. The Bertz CT molecular complexity index is 1070. The summed E-state index contributed by atoms with van der Waals surface area (Å²) < 4.78 is 5.29. The minimum atomic E-state index is -1.26. The molecule has 0 atom stereocenters. The standard InChI is InChI=1S/C23H28N2O2S.C4H4O4/c1-27-20-6-4-7-21(15-20)28-14-13-24-11-9-18(10-12-24)16-25-17-19-5-2-3-8-22(19)23(25)26;5-3(6)1-2-4(7)8/h2-8,15,18H,9-14,16-17H2,1H3;1-2H,(H,5,6)(H,7,8). The number of carbonyl (C=O) groups excluding carboxylic acids is 1. The lowest BCUT2D eigenvalue weighted by Crippen LogP contribution is -2.39. The molecule has 36 heavy (non-hydrogen) atoms. The van der Waals surface area contributed by atoms with Crippen LogP contribution in [0.25, 0.3) is 0 Å². The Balaban J connectivity index is 0.000000392. The Morgan fingerprint density at radius 3 is 2.39 bits per heavy atom. The van der Waals surface area contributed by atoms with Gasteiger partial charge in [-0.3, -0.25) is 4.79 Å². The van der Waals surface area contributed by atoms with Gasteiger partial charge >= 0.3 is 11.9 Å². The molecule has 2 aromatic rings. The summed E-state index contributed by atoms with van der Waals surface area (Å²) in [4.78, 5) is 37.5. The smallest absolute Gasteiger partial charge is 0.328 e. The SMILES string of the molecule is COc1cccc(SCCN2CCC(CN3Cc4ccccc4C3=O)CC2)c1.O=C(O)C=CC(=O)O. The van der Waals surface area contributed by atoms with Crippen molar-refractivity contribution >= 4 is 29.6 Å². The van der Waals surface area contributed by atoms with Crippen LogP contribution in [0, 0.1) is 5.92 Å². The van der Waals surface area contributed by atoms with Crippen LogP contribution in [0.1, 0.15) is 28.8 Å². The van der Waals surface area contributed by atoms with Crippen molar-refractivity contribution in [3.63, 3.8) is 0 Å². The molecule has 9 heteroatoms. The van der Waals surface area contributed by atoms with Gasteiger partial charge in [-0.25, -0.2) is 9.59 Å². The molecule has 0 unspecified atom stereocenters. The van der Waals surface area contributed by atoms with E-state index in [0.29, 0.717) is 18.1 Å². The zero-order chi connectivity index (χ0) is 25.9. The zero-order valence-corrected chi connectivity index (χ0v) is 21.2. The number of ether oxygens (including phenoxy) is 1. The van der Waals surface area contributed by atoms with Gasteiger partial charge in [0.15, 0.2) is 0 Å². The van der Waals surface area contributed by atoms with Crippen LogP contribution >= 0.6 is 11.8 Å². The lowest BCUT2D eigenvalue weighted by molar-refractivity contribution is -0.134. The number of carbonyl (C=O) groups is 3. The Labute approximate surface area is 215 Å². The van der Waals surface area contributed by atoms with E-state index in [1.807, 2.05) is 47.0 Å². The summed E-state index contributed by atoms with van der Waals surface area (Å²) in [7, 11) is 1.71. The van der Waals surface area contributed by atoms with Crippen LogP contribution in [0.2, 0.25) is 0 Å². The largest absolute Gasteiger partial charge is 0.497 e. The van der Waals surface area contributed by atoms with E-state index in [4.69, 9.17) is 14.9 Å². The highest BCUT2D eigenvalue weighted by molar-refractivity contribution is 7.99. The molecule has 0 aromatic heterocycles. The van der Waals surface area contributed by atoms with E-state index < -0.39 is 11.9 Å². The van der Waals surface area contributed by atoms with E-state index >= 15 is 0 Å². The summed E-state index contributed by atoms with van der Waals surface area (Å²) in [6, 6.07) is 16.3. The minimum absolute atomic E-state index is 0.215. The molecular formula is C27H32N2O6S. The third kappa shape index (κ3) is 8.42. The molecule has 2 aliphatic rings. The molecule has 2 heterocycles. The first kappa shape index (κ1) is 27.3. The second-order valence-corrected chi connectivity index (χ2v) is 9.83. The van der Waals surface area contributed by atoms with Gasteiger partial charge in [0, 0.05) is 48.0 Å². The molecule has 1 amide bonds. The third-order valence-electron chi connectivity index (χ3n) is 6.17. The van der Waals surface area contributed by atoms with Crippen molar-refractivity contribution in [1.29, 1.82) is 0 Å². The third-order valence-corrected chi connectivity index (χ3v) is 7.14. The van der Waals surface area contributed by atoms with Crippen LogP contribution in [-0.4, -0.2) is 76.9 Å². The van der Waals surface area contributed by atoms with Crippen molar-refractivity contribution in [3.8, 4) is 5.75 Å². The summed E-state index contributed by atoms with van der Waals surface area (Å²) in [5, 5.41) is 15.6. The second kappa shape index (κ2) is 13.7. The summed E-state index contributed by atoms with van der Waals surface area (Å²) in [6.07, 6.45) is 3.48. The highest BCUT2D eigenvalue weighted by Gasteiger charge is 2.29. The number of thioether (sulfide) groups is 1. The molecule has 2 aliphatic heterocycles. The maximum atomic E-state index is 12.6. The normalized spacial score (nSPS) is 15.9. The van der Waals surface area contributed by atoms with E-state index in [1.165, 1.54) is 23.3 Å². The van der Waals surface area contributed by atoms with Gasteiger partial charge in [0.25, 0.3) is 5.91 Å². The van der Waals surface area contributed by atoms with Gasteiger partial charge in [0.1, 0.15) is 5.75 Å². The van der Waals surface area contributed by atoms with Crippen LogP contribution in [0.15, 0.2) is 65.6 Å². The van der Waals surface area contributed by atoms with Crippen molar-refractivity contribution < 1.29 is 29.3 Å². The number of hydrogen-bond acceptors (Lipinski definition) is 6. The molecule has 0 saturated carbocycles. The van der Waals surface area contributed by atoms with Gasteiger partial charge < -0.3 is 24.7 Å². The number of carboxylic acids is 2. The predicted octanol–water partition coefficient (Wildman–Crippen LogP) is 3.87. The number of rotatable bonds is 9. The van der Waals surface area contributed by atoms with Gasteiger partial charge in [-0.15, -0.1) is 11.8 Å². The number of nitrogens with zero attached hydrogens (tertiary/aromatic N) is 2. The first-order valence-electron chi connectivity index (χ1n) is 11.9. The Kier molecular flexibility index (Phi) is 10.4. The van der Waals surface area contributed by atoms with Gasteiger partial charge in [-0.2, -0.15) is 0 Å². The quantitative estimate of drug-likeness (QED) is 0.385. The van der Waals surface area contributed by atoms with Crippen molar-refractivity contribution in [2.45, 2.75) is 24.3 Å². The lowest BCUT2D eigenvalue weighted by Gasteiger charge is -2.33. The number of aliphatic carboxylic acids is 2. The average Bonchev–Trinajstić information content (AvgIpc) is 3.19. The second-order valence-electron chi connectivity index (χ2n) is 8.67. The van der Waals surface area contributed by atoms with E-state index in [-0.39, 0.29) is 5.91 Å². The zero-order valence-electron chi connectivity index (χ0n) is 20.3. The van der Waals surface area contributed by atoms with Gasteiger partial charge in [0.2, 0.25) is 0 Å². The van der Waals surface area contributed by atoms with Crippen LogP contribution in [0.4, 0.5) is 0 Å². The Morgan fingerprint density at radius 1 is 1.06 bits per heavy atom. The Morgan fingerprint density at radius 2 is 1.75 bits per heavy atom. The monoisotopic (exact) mass is 512 g/mol. The summed E-state index contributed by atoms with van der Waals surface area (Å²) in [5.74, 6) is 0.343. The molecule has 0 spiro atoms. The fraction of sp³-hybridized carbons (Fsp3) is 0.370. The number of carboxylic acid groups (broad SMARTS) is 2. The highest BCUT2D eigenvalue weighted by atomic mass is 32.2. The van der Waals surface area contributed by atoms with Crippen molar-refractivity contribution in [1.82, 2.24) is 9.80 Å².